The highest BCUT2D eigenvalue weighted by Crippen LogP contribution is 2.36. The first-order chi connectivity index (χ1) is 10.8. The molecule has 0 spiro atoms. The molecule has 0 saturated heterocycles. The molecule has 0 amide bonds. The van der Waals surface area contributed by atoms with E-state index in [4.69, 9.17) is 4.74 Å². The molecular weight excluding hydrogens is 309 g/mol. The van der Waals surface area contributed by atoms with Crippen LogP contribution in [0.5, 0.6) is 11.5 Å². The molecule has 6 heteroatoms. The van der Waals surface area contributed by atoms with E-state index in [-0.39, 0.29) is 11.9 Å². The fourth-order valence-electron chi connectivity index (χ4n) is 2.00. The van der Waals surface area contributed by atoms with Crippen molar-refractivity contribution in [2.45, 2.75) is 26.3 Å². The van der Waals surface area contributed by atoms with Gasteiger partial charge < -0.3 is 9.47 Å². The molecule has 23 heavy (non-hydrogen) atoms. The third-order valence-electron chi connectivity index (χ3n) is 2.91. The van der Waals surface area contributed by atoms with Gasteiger partial charge in [-0.05, 0) is 37.1 Å². The van der Waals surface area contributed by atoms with Crippen molar-refractivity contribution in [2.75, 3.05) is 0 Å². The molecular formula is C17H15F3O3. The maximum atomic E-state index is 12.6. The van der Waals surface area contributed by atoms with Crippen LogP contribution in [0, 0.1) is 0 Å². The monoisotopic (exact) mass is 324 g/mol. The lowest BCUT2D eigenvalue weighted by Gasteiger charge is -2.17. The van der Waals surface area contributed by atoms with Crippen LogP contribution >= 0.6 is 0 Å². The Morgan fingerprint density at radius 2 is 1.57 bits per heavy atom. The van der Waals surface area contributed by atoms with Crippen molar-refractivity contribution in [3.63, 3.8) is 0 Å². The van der Waals surface area contributed by atoms with Gasteiger partial charge in [0.1, 0.15) is 6.29 Å². The van der Waals surface area contributed by atoms with Gasteiger partial charge in [0.2, 0.25) is 0 Å². The predicted molar refractivity (Wildman–Crippen MR) is 79.7 cm³/mol. The largest absolute Gasteiger partial charge is 0.573 e. The molecule has 0 aliphatic carbocycles. The van der Waals surface area contributed by atoms with Gasteiger partial charge in [-0.1, -0.05) is 30.3 Å². The van der Waals surface area contributed by atoms with Crippen LogP contribution in [-0.4, -0.2) is 18.8 Å². The van der Waals surface area contributed by atoms with E-state index < -0.39 is 12.1 Å². The van der Waals surface area contributed by atoms with Crippen LogP contribution in [0.3, 0.4) is 0 Å². The summed E-state index contributed by atoms with van der Waals surface area (Å²) >= 11 is 0. The second-order valence-electron chi connectivity index (χ2n) is 5.12. The van der Waals surface area contributed by atoms with Gasteiger partial charge in [0, 0.05) is 5.56 Å². The van der Waals surface area contributed by atoms with Gasteiger partial charge in [-0.2, -0.15) is 0 Å². The maximum absolute atomic E-state index is 12.6. The first-order valence-electron chi connectivity index (χ1n) is 6.90. The molecule has 2 aromatic rings. The molecule has 0 aliphatic rings. The number of rotatable bonds is 5. The van der Waals surface area contributed by atoms with E-state index >= 15 is 0 Å². The number of hydrogen-bond acceptors (Lipinski definition) is 3. The fourth-order valence-corrected chi connectivity index (χ4v) is 2.00. The Balaban J connectivity index is 2.41. The van der Waals surface area contributed by atoms with Crippen LogP contribution in [0.1, 0.15) is 24.2 Å². The number of ether oxygens (including phenoxy) is 2. The van der Waals surface area contributed by atoms with Crippen molar-refractivity contribution in [3.8, 4) is 22.6 Å². The van der Waals surface area contributed by atoms with Crippen molar-refractivity contribution < 1.29 is 27.4 Å². The average molecular weight is 324 g/mol. The first-order valence-corrected chi connectivity index (χ1v) is 6.90. The second kappa shape index (κ2) is 6.73. The number of benzene rings is 2. The maximum Gasteiger partial charge on any atom is 0.573 e. The number of carbonyl (C=O) groups is 1. The zero-order valence-corrected chi connectivity index (χ0v) is 12.6. The second-order valence-corrected chi connectivity index (χ2v) is 5.12. The molecule has 2 aromatic carbocycles. The molecule has 0 unspecified atom stereocenters. The third-order valence-corrected chi connectivity index (χ3v) is 2.91. The van der Waals surface area contributed by atoms with Crippen molar-refractivity contribution >= 4 is 6.29 Å². The molecule has 2 rings (SSSR count). The highest BCUT2D eigenvalue weighted by atomic mass is 19.4. The Kier molecular flexibility index (Phi) is 4.93. The Morgan fingerprint density at radius 3 is 2.09 bits per heavy atom. The van der Waals surface area contributed by atoms with E-state index in [1.54, 1.807) is 44.2 Å². The molecule has 0 saturated carbocycles. The minimum absolute atomic E-state index is 0.0191. The van der Waals surface area contributed by atoms with E-state index in [9.17, 15) is 18.0 Å². The summed E-state index contributed by atoms with van der Waals surface area (Å²) in [7, 11) is 0. The van der Waals surface area contributed by atoms with Crippen molar-refractivity contribution in [1.29, 1.82) is 0 Å². The normalized spacial score (nSPS) is 11.4. The molecule has 0 aliphatic heterocycles. The number of alkyl halides is 3. The molecule has 122 valence electrons. The van der Waals surface area contributed by atoms with Crippen LogP contribution in [-0.2, 0) is 0 Å². The molecule has 0 aromatic heterocycles. The van der Waals surface area contributed by atoms with E-state index in [1.807, 2.05) is 0 Å². The SMILES string of the molecule is CC(C)Oc1ccc(-c2ccc(C=O)cc2)cc1OC(F)(F)F. The molecule has 0 N–H and O–H groups in total. The van der Waals surface area contributed by atoms with E-state index in [0.717, 1.165) is 0 Å². The minimum Gasteiger partial charge on any atom is -0.487 e. The lowest BCUT2D eigenvalue weighted by Crippen LogP contribution is -2.18. The molecule has 0 radical (unpaired) electrons. The summed E-state index contributed by atoms with van der Waals surface area (Å²) in [6.45, 7) is 3.42. The van der Waals surface area contributed by atoms with Gasteiger partial charge in [0.05, 0.1) is 6.10 Å². The van der Waals surface area contributed by atoms with Gasteiger partial charge in [-0.15, -0.1) is 13.2 Å². The van der Waals surface area contributed by atoms with Gasteiger partial charge >= 0.3 is 6.36 Å². The summed E-state index contributed by atoms with van der Waals surface area (Å²) in [6.07, 6.45) is -4.40. The van der Waals surface area contributed by atoms with Crippen molar-refractivity contribution in [3.05, 3.63) is 48.0 Å². The first kappa shape index (κ1) is 16.9. The summed E-state index contributed by atoms with van der Waals surface area (Å²) in [4.78, 5) is 10.7. The Bertz CT molecular complexity index is 676. The van der Waals surface area contributed by atoms with Crippen molar-refractivity contribution in [1.82, 2.24) is 0 Å². The zero-order valence-electron chi connectivity index (χ0n) is 12.6. The van der Waals surface area contributed by atoms with Crippen LogP contribution in [0.15, 0.2) is 42.5 Å². The summed E-state index contributed by atoms with van der Waals surface area (Å²) in [6, 6.07) is 10.8. The van der Waals surface area contributed by atoms with Gasteiger partial charge in [-0.3, -0.25) is 4.79 Å². The van der Waals surface area contributed by atoms with Gasteiger partial charge in [0.25, 0.3) is 0 Å². The summed E-state index contributed by atoms with van der Waals surface area (Å²) < 4.78 is 47.1. The van der Waals surface area contributed by atoms with Crippen LogP contribution in [0.4, 0.5) is 13.2 Å². The highest BCUT2D eigenvalue weighted by molar-refractivity contribution is 5.77. The van der Waals surface area contributed by atoms with Gasteiger partial charge in [0.15, 0.2) is 11.5 Å². The molecule has 0 fully saturated rings. The third kappa shape index (κ3) is 4.74. The van der Waals surface area contributed by atoms with Crippen LogP contribution in [0.25, 0.3) is 11.1 Å². The van der Waals surface area contributed by atoms with E-state index in [0.29, 0.717) is 23.0 Å². The number of aldehydes is 1. The highest BCUT2D eigenvalue weighted by Gasteiger charge is 2.32. The number of halogens is 3. The molecule has 0 heterocycles. The summed E-state index contributed by atoms with van der Waals surface area (Å²) in [5.74, 6) is -0.381. The summed E-state index contributed by atoms with van der Waals surface area (Å²) in [5.41, 5.74) is 1.68. The lowest BCUT2D eigenvalue weighted by atomic mass is 10.0. The fraction of sp³-hybridized carbons (Fsp3) is 0.235. The number of hydrogen-bond donors (Lipinski definition) is 0. The average Bonchev–Trinajstić information content (AvgIpc) is 2.47. The Morgan fingerprint density at radius 1 is 0.957 bits per heavy atom. The minimum atomic E-state index is -4.81. The summed E-state index contributed by atoms with van der Waals surface area (Å²) in [5, 5.41) is 0. The van der Waals surface area contributed by atoms with Gasteiger partial charge in [-0.25, -0.2) is 0 Å². The number of carbonyl (C=O) groups excluding carboxylic acids is 1. The Hall–Kier alpha value is -2.50. The smallest absolute Gasteiger partial charge is 0.487 e. The van der Waals surface area contributed by atoms with Crippen LogP contribution < -0.4 is 9.47 Å². The molecule has 0 atom stereocenters. The van der Waals surface area contributed by atoms with Crippen molar-refractivity contribution in [2.24, 2.45) is 0 Å². The lowest BCUT2D eigenvalue weighted by molar-refractivity contribution is -0.275. The van der Waals surface area contributed by atoms with Crippen LogP contribution in [0.2, 0.25) is 0 Å². The predicted octanol–water partition coefficient (Wildman–Crippen LogP) is 4.85. The quantitative estimate of drug-likeness (QED) is 0.737. The molecule has 0 bridgehead atoms. The Labute approximate surface area is 131 Å². The molecule has 3 nitrogen and oxygen atoms in total. The standard InChI is InChI=1S/C17H15F3O3/c1-11(2)22-15-8-7-14(9-16(15)23-17(18,19)20)13-5-3-12(10-21)4-6-13/h3-11H,1-2H3. The topological polar surface area (TPSA) is 35.5 Å². The zero-order chi connectivity index (χ0) is 17.0. The van der Waals surface area contributed by atoms with E-state index in [2.05, 4.69) is 4.74 Å². The van der Waals surface area contributed by atoms with E-state index in [1.165, 1.54) is 12.1 Å².